The number of anilines is 2. The van der Waals surface area contributed by atoms with Crippen LogP contribution in [0.25, 0.3) is 10.9 Å². The number of fused-ring (bicyclic) bond motifs is 2. The van der Waals surface area contributed by atoms with Crippen LogP contribution in [-0.2, 0) is 22.7 Å². The van der Waals surface area contributed by atoms with Gasteiger partial charge in [-0.1, -0.05) is 17.7 Å². The molecule has 1 atom stereocenters. The third kappa shape index (κ3) is 4.94. The van der Waals surface area contributed by atoms with Crippen LogP contribution in [0.2, 0.25) is 5.02 Å². The van der Waals surface area contributed by atoms with E-state index in [2.05, 4.69) is 20.6 Å². The molecule has 0 aliphatic carbocycles. The van der Waals surface area contributed by atoms with E-state index >= 15 is 4.39 Å². The highest BCUT2D eigenvalue weighted by atomic mass is 35.5. The molecule has 1 aromatic heterocycles. The summed E-state index contributed by atoms with van der Waals surface area (Å²) in [6, 6.07) is 9.80. The van der Waals surface area contributed by atoms with Crippen molar-refractivity contribution in [1.29, 1.82) is 0 Å². The number of piperidine rings is 1. The zero-order valence-corrected chi connectivity index (χ0v) is 22.8. The number of methoxy groups -OCH3 is 1. The molecule has 0 radical (unpaired) electrons. The van der Waals surface area contributed by atoms with Gasteiger partial charge in [0.1, 0.15) is 30.6 Å². The standard InChI is InChI=1S/C29H22ClF2N5O5/c1-41-22-10-20-16(27(34-13-33-20)35-19-4-2-3-17(30)26(19)32)9-23(22)42-12-14-7-15-11-37(29(40)25(15)18(31)8-14)21-5-6-24(38)36-28(21)39/h2-4,7-10,13,21H,5-6,11-12H2,1H3,(H,33,34,35)(H,36,38,39). The van der Waals surface area contributed by atoms with E-state index in [1.165, 1.54) is 36.5 Å². The predicted molar refractivity (Wildman–Crippen MR) is 148 cm³/mol. The van der Waals surface area contributed by atoms with E-state index in [9.17, 15) is 18.8 Å². The summed E-state index contributed by atoms with van der Waals surface area (Å²) in [4.78, 5) is 46.6. The molecule has 3 aromatic carbocycles. The molecule has 4 aromatic rings. The Bertz CT molecular complexity index is 1790. The molecule has 42 heavy (non-hydrogen) atoms. The van der Waals surface area contributed by atoms with Gasteiger partial charge in [0.05, 0.1) is 28.9 Å². The fourth-order valence-electron chi connectivity index (χ4n) is 5.13. The summed E-state index contributed by atoms with van der Waals surface area (Å²) in [6.45, 7) is -0.0605. The Balaban J connectivity index is 1.26. The number of hydrogen-bond donors (Lipinski definition) is 2. The number of rotatable bonds is 7. The zero-order valence-electron chi connectivity index (χ0n) is 22.0. The average Bonchev–Trinajstić information content (AvgIpc) is 3.30. The Morgan fingerprint density at radius 1 is 1.12 bits per heavy atom. The molecule has 3 amide bonds. The van der Waals surface area contributed by atoms with Crippen molar-refractivity contribution in [3.63, 3.8) is 0 Å². The van der Waals surface area contributed by atoms with Gasteiger partial charge < -0.3 is 19.7 Å². The first-order valence-electron chi connectivity index (χ1n) is 12.9. The van der Waals surface area contributed by atoms with Gasteiger partial charge in [-0.05, 0) is 47.9 Å². The number of nitrogens with one attached hydrogen (secondary N) is 2. The Morgan fingerprint density at radius 2 is 1.95 bits per heavy atom. The topological polar surface area (TPSA) is 123 Å². The Morgan fingerprint density at radius 3 is 2.74 bits per heavy atom. The van der Waals surface area contributed by atoms with E-state index < -0.39 is 35.4 Å². The van der Waals surface area contributed by atoms with Crippen LogP contribution < -0.4 is 20.1 Å². The van der Waals surface area contributed by atoms with E-state index in [0.29, 0.717) is 33.6 Å². The lowest BCUT2D eigenvalue weighted by molar-refractivity contribution is -0.136. The number of carbonyl (C=O) groups is 3. The largest absolute Gasteiger partial charge is 0.493 e. The van der Waals surface area contributed by atoms with Crippen LogP contribution in [0.5, 0.6) is 11.5 Å². The number of ether oxygens (including phenoxy) is 2. The lowest BCUT2D eigenvalue weighted by Crippen LogP contribution is -2.52. The van der Waals surface area contributed by atoms with Gasteiger partial charge in [0.25, 0.3) is 5.91 Å². The van der Waals surface area contributed by atoms with Crippen molar-refractivity contribution in [2.75, 3.05) is 12.4 Å². The second-order valence-electron chi connectivity index (χ2n) is 9.77. The predicted octanol–water partition coefficient (Wildman–Crippen LogP) is 4.65. The molecule has 2 N–H and O–H groups in total. The minimum atomic E-state index is -0.853. The van der Waals surface area contributed by atoms with Crippen molar-refractivity contribution in [3.05, 3.63) is 82.1 Å². The SMILES string of the molecule is COc1cc2ncnc(Nc3cccc(Cl)c3F)c2cc1OCc1cc(F)c2c(c1)CN(C1CCC(=O)NC1=O)C2=O. The van der Waals surface area contributed by atoms with Crippen LogP contribution in [0.4, 0.5) is 20.3 Å². The molecule has 2 aliphatic heterocycles. The first-order chi connectivity index (χ1) is 20.2. The summed E-state index contributed by atoms with van der Waals surface area (Å²) in [5, 5.41) is 5.61. The summed E-state index contributed by atoms with van der Waals surface area (Å²) in [5.41, 5.74) is 1.37. The normalized spacial score (nSPS) is 16.4. The van der Waals surface area contributed by atoms with Gasteiger partial charge in [0, 0.05) is 24.4 Å². The van der Waals surface area contributed by atoms with Gasteiger partial charge in [-0.25, -0.2) is 18.7 Å². The lowest BCUT2D eigenvalue weighted by atomic mass is 10.0. The molecular formula is C29H22ClF2N5O5. The van der Waals surface area contributed by atoms with Crippen LogP contribution in [0.3, 0.4) is 0 Å². The molecule has 1 fully saturated rings. The molecule has 1 saturated heterocycles. The van der Waals surface area contributed by atoms with Gasteiger partial charge in [0.2, 0.25) is 11.8 Å². The first-order valence-corrected chi connectivity index (χ1v) is 13.2. The summed E-state index contributed by atoms with van der Waals surface area (Å²) in [5.74, 6) is -2.01. The Kier molecular flexibility index (Phi) is 7.07. The van der Waals surface area contributed by atoms with Crippen molar-refractivity contribution >= 4 is 51.7 Å². The molecule has 13 heteroatoms. The monoisotopic (exact) mass is 593 g/mol. The van der Waals surface area contributed by atoms with E-state index in [0.717, 1.165) is 0 Å². The van der Waals surface area contributed by atoms with Crippen molar-refractivity contribution in [2.24, 2.45) is 0 Å². The van der Waals surface area contributed by atoms with Crippen molar-refractivity contribution in [1.82, 2.24) is 20.2 Å². The molecule has 214 valence electrons. The van der Waals surface area contributed by atoms with E-state index in [4.69, 9.17) is 21.1 Å². The molecule has 1 unspecified atom stereocenters. The Labute approximate surface area is 242 Å². The molecule has 0 spiro atoms. The quantitative estimate of drug-likeness (QED) is 0.297. The number of imide groups is 1. The minimum Gasteiger partial charge on any atom is -0.493 e. The fraction of sp³-hybridized carbons (Fsp3) is 0.207. The van der Waals surface area contributed by atoms with Crippen molar-refractivity contribution in [3.8, 4) is 11.5 Å². The number of amides is 3. The number of hydrogen-bond acceptors (Lipinski definition) is 8. The van der Waals surface area contributed by atoms with Crippen LogP contribution in [0, 0.1) is 11.6 Å². The molecule has 6 rings (SSSR count). The highest BCUT2D eigenvalue weighted by molar-refractivity contribution is 6.31. The smallest absolute Gasteiger partial charge is 0.258 e. The van der Waals surface area contributed by atoms with E-state index in [1.807, 2.05) is 0 Å². The first kappa shape index (κ1) is 27.3. The van der Waals surface area contributed by atoms with Gasteiger partial charge in [-0.2, -0.15) is 0 Å². The maximum Gasteiger partial charge on any atom is 0.258 e. The van der Waals surface area contributed by atoms with Crippen LogP contribution in [0.15, 0.2) is 48.8 Å². The maximum absolute atomic E-state index is 15.2. The average molecular weight is 594 g/mol. The highest BCUT2D eigenvalue weighted by Crippen LogP contribution is 2.37. The maximum atomic E-state index is 15.2. The van der Waals surface area contributed by atoms with E-state index in [1.54, 1.807) is 24.3 Å². The number of halogens is 3. The Hall–Kier alpha value is -4.84. The van der Waals surface area contributed by atoms with Crippen LogP contribution in [-0.4, -0.2) is 45.7 Å². The van der Waals surface area contributed by atoms with Gasteiger partial charge in [-0.15, -0.1) is 0 Å². The third-order valence-electron chi connectivity index (χ3n) is 7.15. The minimum absolute atomic E-state index is 0.0247. The molecular weight excluding hydrogens is 572 g/mol. The second-order valence-corrected chi connectivity index (χ2v) is 10.2. The van der Waals surface area contributed by atoms with Crippen molar-refractivity contribution < 1.29 is 32.6 Å². The zero-order chi connectivity index (χ0) is 29.5. The van der Waals surface area contributed by atoms with Gasteiger partial charge in [0.15, 0.2) is 17.3 Å². The molecule has 2 aliphatic rings. The summed E-state index contributed by atoms with van der Waals surface area (Å²) >= 11 is 5.91. The van der Waals surface area contributed by atoms with Crippen molar-refractivity contribution in [2.45, 2.75) is 32.0 Å². The lowest BCUT2D eigenvalue weighted by Gasteiger charge is -2.29. The molecule has 0 saturated carbocycles. The van der Waals surface area contributed by atoms with Crippen LogP contribution >= 0.6 is 11.6 Å². The second kappa shape index (κ2) is 10.9. The summed E-state index contributed by atoms with van der Waals surface area (Å²) < 4.78 is 41.2. The molecule has 3 heterocycles. The summed E-state index contributed by atoms with van der Waals surface area (Å²) in [6.07, 6.45) is 1.59. The molecule has 0 bridgehead atoms. The van der Waals surface area contributed by atoms with Gasteiger partial charge in [-0.3, -0.25) is 19.7 Å². The number of carbonyl (C=O) groups excluding carboxylic acids is 3. The van der Waals surface area contributed by atoms with Crippen LogP contribution in [0.1, 0.15) is 34.3 Å². The fourth-order valence-corrected chi connectivity index (χ4v) is 5.30. The number of nitrogens with zero attached hydrogens (tertiary/aromatic N) is 3. The van der Waals surface area contributed by atoms with Gasteiger partial charge >= 0.3 is 0 Å². The highest BCUT2D eigenvalue weighted by Gasteiger charge is 2.40. The number of benzene rings is 3. The molecule has 10 nitrogen and oxygen atoms in total. The summed E-state index contributed by atoms with van der Waals surface area (Å²) in [7, 11) is 1.46. The van der Waals surface area contributed by atoms with E-state index in [-0.39, 0.29) is 48.0 Å². The third-order valence-corrected chi connectivity index (χ3v) is 7.45. The number of aromatic nitrogens is 2.